The van der Waals surface area contributed by atoms with Crippen LogP contribution in [0.1, 0.15) is 0 Å². The van der Waals surface area contributed by atoms with Gasteiger partial charge in [0.05, 0.1) is 4.92 Å². The number of nitrogen functional groups attached to an aromatic ring is 1. The van der Waals surface area contributed by atoms with Crippen molar-refractivity contribution in [1.29, 1.82) is 0 Å². The first kappa shape index (κ1) is 10.4. The number of hydrogen-bond acceptors (Lipinski definition) is 6. The van der Waals surface area contributed by atoms with Crippen LogP contribution in [0.5, 0.6) is 0 Å². The molecule has 2 rings (SSSR count). The summed E-state index contributed by atoms with van der Waals surface area (Å²) in [6, 6.07) is 4.06. The Morgan fingerprint density at radius 1 is 1.44 bits per heavy atom. The van der Waals surface area contributed by atoms with Crippen molar-refractivity contribution >= 4 is 23.3 Å². The largest absolute Gasteiger partial charge is 0.404 e. The number of benzene rings is 1. The topological polar surface area (TPSA) is 108 Å². The Labute approximate surface area is 94.0 Å². The Morgan fingerprint density at radius 2 is 2.19 bits per heavy atom. The van der Waals surface area contributed by atoms with Crippen LogP contribution >= 0.6 is 11.6 Å². The molecule has 0 fully saturated rings. The summed E-state index contributed by atoms with van der Waals surface area (Å²) >= 11 is 5.65. The van der Waals surface area contributed by atoms with Crippen LogP contribution in [-0.4, -0.2) is 15.1 Å². The molecule has 8 heteroatoms. The molecule has 7 nitrogen and oxygen atoms in total. The predicted octanol–water partition coefficient (Wildman–Crippen LogP) is 1.88. The minimum absolute atomic E-state index is 0.0428. The molecule has 0 saturated carbocycles. The van der Waals surface area contributed by atoms with Gasteiger partial charge in [-0.1, -0.05) is 16.7 Å². The van der Waals surface area contributed by atoms with E-state index in [9.17, 15) is 10.1 Å². The molecule has 0 saturated heterocycles. The summed E-state index contributed by atoms with van der Waals surface area (Å²) in [5, 5.41) is 17.7. The highest BCUT2D eigenvalue weighted by molar-refractivity contribution is 6.32. The second-order valence-electron chi connectivity index (χ2n) is 2.87. The molecule has 0 unspecified atom stereocenters. The van der Waals surface area contributed by atoms with Crippen LogP contribution in [0, 0.1) is 10.1 Å². The lowest BCUT2D eigenvalue weighted by Crippen LogP contribution is -1.90. The van der Waals surface area contributed by atoms with Crippen molar-refractivity contribution in [2.24, 2.45) is 0 Å². The Kier molecular flexibility index (Phi) is 2.45. The first-order chi connectivity index (χ1) is 7.58. The molecule has 0 aliphatic rings. The molecule has 0 atom stereocenters. The number of rotatable bonds is 2. The van der Waals surface area contributed by atoms with E-state index < -0.39 is 4.92 Å². The van der Waals surface area contributed by atoms with E-state index in [0.717, 1.165) is 0 Å². The van der Waals surface area contributed by atoms with Crippen LogP contribution in [0.2, 0.25) is 5.02 Å². The highest BCUT2D eigenvalue weighted by Crippen LogP contribution is 2.29. The van der Waals surface area contributed by atoms with Gasteiger partial charge in [-0.3, -0.25) is 10.1 Å². The van der Waals surface area contributed by atoms with E-state index in [1.807, 2.05) is 0 Å². The smallest absolute Gasteiger partial charge is 0.313 e. The first-order valence-electron chi connectivity index (χ1n) is 4.11. The van der Waals surface area contributed by atoms with E-state index in [4.69, 9.17) is 21.8 Å². The average molecular weight is 241 g/mol. The number of anilines is 1. The van der Waals surface area contributed by atoms with Crippen molar-refractivity contribution in [3.05, 3.63) is 33.3 Å². The molecule has 1 aromatic heterocycles. The summed E-state index contributed by atoms with van der Waals surface area (Å²) < 4.78 is 4.93. The SMILES string of the molecule is Nc1nnc(-c2ccc(Cl)c([N+](=O)[O-])c2)o1. The molecule has 0 spiro atoms. The summed E-state index contributed by atoms with van der Waals surface area (Å²) in [6.07, 6.45) is 0. The van der Waals surface area contributed by atoms with Crippen molar-refractivity contribution in [2.75, 3.05) is 5.73 Å². The minimum atomic E-state index is -0.592. The summed E-state index contributed by atoms with van der Waals surface area (Å²) in [5.41, 5.74) is 5.41. The Hall–Kier alpha value is -2.15. The van der Waals surface area contributed by atoms with E-state index in [2.05, 4.69) is 10.2 Å². The zero-order chi connectivity index (χ0) is 11.7. The fourth-order valence-corrected chi connectivity index (χ4v) is 1.32. The number of nitrogens with two attached hydrogens (primary N) is 1. The third kappa shape index (κ3) is 1.80. The lowest BCUT2D eigenvalue weighted by molar-refractivity contribution is -0.384. The molecule has 1 heterocycles. The van der Waals surface area contributed by atoms with Gasteiger partial charge < -0.3 is 10.2 Å². The zero-order valence-electron chi connectivity index (χ0n) is 7.75. The third-order valence-corrected chi connectivity index (χ3v) is 2.15. The van der Waals surface area contributed by atoms with E-state index >= 15 is 0 Å². The van der Waals surface area contributed by atoms with E-state index in [1.165, 1.54) is 18.2 Å². The molecule has 0 radical (unpaired) electrons. The molecule has 1 aromatic carbocycles. The number of nitro benzene ring substituents is 1. The van der Waals surface area contributed by atoms with Crippen LogP contribution < -0.4 is 5.73 Å². The van der Waals surface area contributed by atoms with Gasteiger partial charge in [0.25, 0.3) is 5.69 Å². The zero-order valence-corrected chi connectivity index (χ0v) is 8.51. The van der Waals surface area contributed by atoms with Crippen molar-refractivity contribution in [1.82, 2.24) is 10.2 Å². The number of halogens is 1. The minimum Gasteiger partial charge on any atom is -0.404 e. The number of nitrogens with zero attached hydrogens (tertiary/aromatic N) is 3. The fourth-order valence-electron chi connectivity index (χ4n) is 1.14. The monoisotopic (exact) mass is 240 g/mol. The van der Waals surface area contributed by atoms with Gasteiger partial charge in [0.2, 0.25) is 5.89 Å². The quantitative estimate of drug-likeness (QED) is 0.634. The molecule has 0 aliphatic carbocycles. The van der Waals surface area contributed by atoms with Crippen LogP contribution in [-0.2, 0) is 0 Å². The molecule has 2 N–H and O–H groups in total. The molecule has 16 heavy (non-hydrogen) atoms. The van der Waals surface area contributed by atoms with Gasteiger partial charge in [-0.05, 0) is 12.1 Å². The maximum atomic E-state index is 10.6. The van der Waals surface area contributed by atoms with Crippen molar-refractivity contribution in [3.8, 4) is 11.5 Å². The molecule has 82 valence electrons. The highest BCUT2D eigenvalue weighted by atomic mass is 35.5. The first-order valence-corrected chi connectivity index (χ1v) is 4.49. The molecular formula is C8H5ClN4O3. The van der Waals surface area contributed by atoms with Gasteiger partial charge in [0, 0.05) is 11.6 Å². The van der Waals surface area contributed by atoms with Crippen LogP contribution in [0.3, 0.4) is 0 Å². The second kappa shape index (κ2) is 3.78. The Balaban J connectivity index is 2.51. The van der Waals surface area contributed by atoms with Gasteiger partial charge >= 0.3 is 6.01 Å². The Morgan fingerprint density at radius 3 is 2.75 bits per heavy atom. The number of nitro groups is 1. The summed E-state index contributed by atoms with van der Waals surface area (Å²) in [4.78, 5) is 10.0. The second-order valence-corrected chi connectivity index (χ2v) is 3.28. The average Bonchev–Trinajstić information content (AvgIpc) is 2.65. The van der Waals surface area contributed by atoms with Gasteiger partial charge in [0.15, 0.2) is 0 Å². The number of aromatic nitrogens is 2. The fraction of sp³-hybridized carbons (Fsp3) is 0. The van der Waals surface area contributed by atoms with Gasteiger partial charge in [-0.2, -0.15) is 0 Å². The summed E-state index contributed by atoms with van der Waals surface area (Å²) in [7, 11) is 0. The van der Waals surface area contributed by atoms with Gasteiger partial charge in [-0.15, -0.1) is 5.10 Å². The molecule has 0 amide bonds. The third-order valence-electron chi connectivity index (χ3n) is 1.83. The van der Waals surface area contributed by atoms with Gasteiger partial charge in [0.1, 0.15) is 5.02 Å². The van der Waals surface area contributed by atoms with Gasteiger partial charge in [-0.25, -0.2) is 0 Å². The molecular weight excluding hydrogens is 236 g/mol. The summed E-state index contributed by atoms with van der Waals surface area (Å²) in [5.74, 6) is 0.109. The highest BCUT2D eigenvalue weighted by Gasteiger charge is 2.16. The van der Waals surface area contributed by atoms with Crippen LogP contribution in [0.25, 0.3) is 11.5 Å². The molecule has 2 aromatic rings. The van der Waals surface area contributed by atoms with Crippen molar-refractivity contribution in [2.45, 2.75) is 0 Å². The van der Waals surface area contributed by atoms with Crippen LogP contribution in [0.4, 0.5) is 11.7 Å². The van der Waals surface area contributed by atoms with Crippen LogP contribution in [0.15, 0.2) is 22.6 Å². The molecule has 0 aliphatic heterocycles. The lowest BCUT2D eigenvalue weighted by atomic mass is 10.2. The van der Waals surface area contributed by atoms with E-state index in [1.54, 1.807) is 0 Å². The Bertz CT molecular complexity index is 554. The van der Waals surface area contributed by atoms with E-state index in [-0.39, 0.29) is 22.6 Å². The maximum absolute atomic E-state index is 10.6. The number of hydrogen-bond donors (Lipinski definition) is 1. The summed E-state index contributed by atoms with van der Waals surface area (Å²) in [6.45, 7) is 0. The normalized spacial score (nSPS) is 10.3. The van der Waals surface area contributed by atoms with Crippen molar-refractivity contribution < 1.29 is 9.34 Å². The van der Waals surface area contributed by atoms with Crippen molar-refractivity contribution in [3.63, 3.8) is 0 Å². The lowest BCUT2D eigenvalue weighted by Gasteiger charge is -1.97. The molecule has 0 bridgehead atoms. The van der Waals surface area contributed by atoms with E-state index in [0.29, 0.717) is 5.56 Å². The standard InChI is InChI=1S/C8H5ClN4O3/c9-5-2-1-4(3-6(5)13(14)15)7-11-12-8(10)16-7/h1-3H,(H2,10,12). The predicted molar refractivity (Wildman–Crippen MR) is 55.8 cm³/mol. The maximum Gasteiger partial charge on any atom is 0.313 e.